The van der Waals surface area contributed by atoms with E-state index < -0.39 is 62.7 Å². The van der Waals surface area contributed by atoms with E-state index >= 15 is 0 Å². The highest BCUT2D eigenvalue weighted by atomic mass is 28.3. The summed E-state index contributed by atoms with van der Waals surface area (Å²) < 4.78 is 32.7. The molecule has 0 spiro atoms. The summed E-state index contributed by atoms with van der Waals surface area (Å²) in [5.41, 5.74) is 0. The van der Waals surface area contributed by atoms with Crippen LogP contribution in [0.15, 0.2) is 0 Å². The minimum atomic E-state index is -1.43. The summed E-state index contributed by atoms with van der Waals surface area (Å²) in [5.74, 6) is -2.57. The van der Waals surface area contributed by atoms with Crippen LogP contribution in [0.25, 0.3) is 0 Å². The first kappa shape index (κ1) is 26.1. The molecule has 1 rings (SSSR count). The van der Waals surface area contributed by atoms with Crippen molar-refractivity contribution >= 4 is 32.0 Å². The molecule has 1 saturated heterocycles. The molecule has 1 aliphatic rings. The minimum Gasteiger partial charge on any atom is -0.463 e. The predicted octanol–water partition coefficient (Wildman–Crippen LogP) is 1.42. The van der Waals surface area contributed by atoms with E-state index in [0.717, 1.165) is 6.04 Å². The van der Waals surface area contributed by atoms with E-state index in [-0.39, 0.29) is 6.61 Å². The molecule has 0 radical (unpaired) electrons. The summed E-state index contributed by atoms with van der Waals surface area (Å²) in [4.78, 5) is 46.4. The van der Waals surface area contributed by atoms with E-state index in [4.69, 9.17) is 28.4 Å². The van der Waals surface area contributed by atoms with Crippen LogP contribution in [0.5, 0.6) is 0 Å². The number of esters is 4. The normalized spacial score (nSPS) is 26.4. The zero-order chi connectivity index (χ0) is 23.1. The van der Waals surface area contributed by atoms with Crippen LogP contribution in [0, 0.1) is 0 Å². The summed E-state index contributed by atoms with van der Waals surface area (Å²) >= 11 is 0. The standard InChI is InChI=1S/C19H32O10Si/c1-11(20)25-10-15-16(26-12(2)21)17(27-13(3)22)18(28-14(4)23)19(29-15)24-8-9-30(5,6)7/h15-19H,8-10H2,1-7H3/t15-,16+,17+,18-,19-/m1/s1. The Balaban J connectivity index is 3.22. The second-order valence-electron chi connectivity index (χ2n) is 8.25. The second-order valence-corrected chi connectivity index (χ2v) is 13.9. The molecule has 0 saturated carbocycles. The van der Waals surface area contributed by atoms with Gasteiger partial charge in [-0.25, -0.2) is 0 Å². The molecule has 0 aromatic rings. The number of carbonyl (C=O) groups excluding carboxylic acids is 4. The van der Waals surface area contributed by atoms with Gasteiger partial charge in [-0.1, -0.05) is 19.6 Å². The molecule has 0 N–H and O–H groups in total. The Hall–Kier alpha value is -1.98. The third-order valence-electron chi connectivity index (χ3n) is 4.08. The smallest absolute Gasteiger partial charge is 0.303 e. The molecule has 0 aromatic heterocycles. The Morgan fingerprint density at radius 1 is 0.767 bits per heavy atom. The Kier molecular flexibility index (Phi) is 9.92. The maximum atomic E-state index is 11.7. The van der Waals surface area contributed by atoms with Crippen LogP contribution in [0.2, 0.25) is 25.7 Å². The van der Waals surface area contributed by atoms with Gasteiger partial charge in [-0.15, -0.1) is 0 Å². The maximum Gasteiger partial charge on any atom is 0.303 e. The van der Waals surface area contributed by atoms with Gasteiger partial charge in [-0.2, -0.15) is 0 Å². The van der Waals surface area contributed by atoms with Gasteiger partial charge in [0, 0.05) is 42.4 Å². The van der Waals surface area contributed by atoms with E-state index in [9.17, 15) is 19.2 Å². The molecule has 172 valence electrons. The fourth-order valence-corrected chi connectivity index (χ4v) is 3.53. The van der Waals surface area contributed by atoms with Crippen LogP contribution < -0.4 is 0 Å². The van der Waals surface area contributed by atoms with Gasteiger partial charge in [-0.05, 0) is 6.04 Å². The number of rotatable bonds is 9. The van der Waals surface area contributed by atoms with Crippen LogP contribution >= 0.6 is 0 Å². The van der Waals surface area contributed by atoms with Crippen molar-refractivity contribution in [2.45, 2.75) is 84.1 Å². The first-order valence-electron chi connectivity index (χ1n) is 9.72. The lowest BCUT2D eigenvalue weighted by molar-refractivity contribution is -0.307. The molecule has 11 heteroatoms. The molecule has 0 bridgehead atoms. The molecule has 5 atom stereocenters. The first-order valence-corrected chi connectivity index (χ1v) is 13.4. The quantitative estimate of drug-likeness (QED) is 0.290. The number of hydrogen-bond donors (Lipinski definition) is 0. The molecular weight excluding hydrogens is 416 g/mol. The SMILES string of the molecule is CC(=O)OC[C@H]1O[C@@H](OCC[Si](C)(C)C)[C@H](OC(C)=O)[C@@H](OC(C)=O)[C@H]1OC(C)=O. The molecule has 1 heterocycles. The molecule has 0 aliphatic carbocycles. The van der Waals surface area contributed by atoms with Gasteiger partial charge in [0.15, 0.2) is 24.6 Å². The predicted molar refractivity (Wildman–Crippen MR) is 106 cm³/mol. The topological polar surface area (TPSA) is 124 Å². The van der Waals surface area contributed by atoms with Crippen LogP contribution in [0.3, 0.4) is 0 Å². The Morgan fingerprint density at radius 3 is 1.73 bits per heavy atom. The molecule has 1 fully saturated rings. The second kappa shape index (κ2) is 11.4. The average Bonchev–Trinajstić information content (AvgIpc) is 2.55. The average molecular weight is 449 g/mol. The van der Waals surface area contributed by atoms with Gasteiger partial charge < -0.3 is 28.4 Å². The van der Waals surface area contributed by atoms with E-state index in [0.29, 0.717) is 6.61 Å². The van der Waals surface area contributed by atoms with Gasteiger partial charge in [0.25, 0.3) is 0 Å². The molecule has 0 amide bonds. The lowest BCUT2D eigenvalue weighted by Crippen LogP contribution is -2.63. The molecule has 1 aliphatic heterocycles. The van der Waals surface area contributed by atoms with Gasteiger partial charge in [0.1, 0.15) is 12.7 Å². The van der Waals surface area contributed by atoms with E-state index in [1.165, 1.54) is 27.7 Å². The Morgan fingerprint density at radius 2 is 1.27 bits per heavy atom. The van der Waals surface area contributed by atoms with Crippen molar-refractivity contribution in [1.29, 1.82) is 0 Å². The van der Waals surface area contributed by atoms with E-state index in [1.54, 1.807) is 0 Å². The number of hydrogen-bond acceptors (Lipinski definition) is 10. The van der Waals surface area contributed by atoms with Crippen LogP contribution in [0.1, 0.15) is 27.7 Å². The van der Waals surface area contributed by atoms with E-state index in [1.807, 2.05) is 0 Å². The highest BCUT2D eigenvalue weighted by Crippen LogP contribution is 2.30. The monoisotopic (exact) mass is 448 g/mol. The van der Waals surface area contributed by atoms with Crippen molar-refractivity contribution < 1.29 is 47.6 Å². The molecular formula is C19H32O10Si. The summed E-state index contributed by atoms with van der Waals surface area (Å²) in [5, 5.41) is 0. The van der Waals surface area contributed by atoms with Gasteiger partial charge >= 0.3 is 23.9 Å². The minimum absolute atomic E-state index is 0.272. The molecule has 0 aromatic carbocycles. The van der Waals surface area contributed by atoms with Crippen molar-refractivity contribution in [2.24, 2.45) is 0 Å². The molecule has 0 unspecified atom stereocenters. The fraction of sp³-hybridized carbons (Fsp3) is 0.789. The molecule has 30 heavy (non-hydrogen) atoms. The molecule has 10 nitrogen and oxygen atoms in total. The number of ether oxygens (including phenoxy) is 6. The summed E-state index contributed by atoms with van der Waals surface area (Å²) in [6.45, 7) is 11.3. The number of carbonyl (C=O) groups is 4. The van der Waals surface area contributed by atoms with Crippen molar-refractivity contribution in [3.63, 3.8) is 0 Å². The lowest BCUT2D eigenvalue weighted by Gasteiger charge is -2.44. The van der Waals surface area contributed by atoms with Gasteiger partial charge in [0.2, 0.25) is 0 Å². The van der Waals surface area contributed by atoms with Crippen LogP contribution in [0.4, 0.5) is 0 Å². The van der Waals surface area contributed by atoms with Crippen LogP contribution in [-0.4, -0.2) is 75.9 Å². The van der Waals surface area contributed by atoms with Crippen molar-refractivity contribution in [3.8, 4) is 0 Å². The van der Waals surface area contributed by atoms with Gasteiger partial charge in [0.05, 0.1) is 0 Å². The van der Waals surface area contributed by atoms with Gasteiger partial charge in [-0.3, -0.25) is 19.2 Å². The van der Waals surface area contributed by atoms with Crippen molar-refractivity contribution in [3.05, 3.63) is 0 Å². The highest BCUT2D eigenvalue weighted by Gasteiger charge is 2.52. The van der Waals surface area contributed by atoms with Crippen LogP contribution in [-0.2, 0) is 47.6 Å². The third-order valence-corrected chi connectivity index (χ3v) is 5.79. The zero-order valence-electron chi connectivity index (χ0n) is 18.6. The maximum absolute atomic E-state index is 11.7. The highest BCUT2D eigenvalue weighted by molar-refractivity contribution is 6.76. The fourth-order valence-electron chi connectivity index (χ4n) is 2.80. The van der Waals surface area contributed by atoms with E-state index in [2.05, 4.69) is 19.6 Å². The summed E-state index contributed by atoms with van der Waals surface area (Å²) in [6, 6.07) is 0.805. The van der Waals surface area contributed by atoms with Crippen molar-refractivity contribution in [1.82, 2.24) is 0 Å². The van der Waals surface area contributed by atoms with Crippen molar-refractivity contribution in [2.75, 3.05) is 13.2 Å². The largest absolute Gasteiger partial charge is 0.463 e. The third kappa shape index (κ3) is 9.22. The Labute approximate surface area is 177 Å². The Bertz CT molecular complexity index is 629. The summed E-state index contributed by atoms with van der Waals surface area (Å²) in [6.07, 6.45) is -5.66. The zero-order valence-corrected chi connectivity index (χ0v) is 19.6. The lowest BCUT2D eigenvalue weighted by atomic mass is 9.98. The first-order chi connectivity index (χ1) is 13.8. The summed E-state index contributed by atoms with van der Waals surface area (Å²) in [7, 11) is -1.43.